The lowest BCUT2D eigenvalue weighted by Crippen LogP contribution is -2.36. The Morgan fingerprint density at radius 3 is 2.49 bits per heavy atom. The first kappa shape index (κ1) is 29.8. The maximum atomic E-state index is 15.0. The zero-order valence-corrected chi connectivity index (χ0v) is 24.3. The van der Waals surface area contributed by atoms with Crippen LogP contribution in [0.1, 0.15) is 18.4 Å². The monoisotopic (exact) mass is 586 g/mol. The Hall–Kier alpha value is -4.70. The zero-order valence-electron chi connectivity index (χ0n) is 24.3. The Morgan fingerprint density at radius 1 is 0.953 bits per heavy atom. The van der Waals surface area contributed by atoms with E-state index in [2.05, 4.69) is 27.6 Å². The largest absolute Gasteiger partial charge is 0.493 e. The van der Waals surface area contributed by atoms with Gasteiger partial charge in [0.05, 0.1) is 19.2 Å². The first-order chi connectivity index (χ1) is 20.9. The molecule has 0 aliphatic carbocycles. The minimum Gasteiger partial charge on any atom is -0.493 e. The lowest BCUT2D eigenvalue weighted by atomic mass is 9.98. The summed E-state index contributed by atoms with van der Waals surface area (Å²) in [6.45, 7) is 3.00. The molecule has 4 aromatic rings. The molecular formula is C33H35FN4O5. The number of fused-ring (bicyclic) bond motifs is 1. The van der Waals surface area contributed by atoms with Crippen molar-refractivity contribution in [3.05, 3.63) is 84.3 Å². The van der Waals surface area contributed by atoms with Crippen molar-refractivity contribution in [2.75, 3.05) is 45.7 Å². The van der Waals surface area contributed by atoms with E-state index in [0.717, 1.165) is 37.6 Å². The van der Waals surface area contributed by atoms with Gasteiger partial charge < -0.3 is 29.7 Å². The number of rotatable bonds is 10. The van der Waals surface area contributed by atoms with Crippen molar-refractivity contribution in [1.29, 1.82) is 0 Å². The Labute approximate surface area is 250 Å². The number of likely N-dealkylation sites (tertiary alicyclic amines) is 1. The molecule has 1 aromatic heterocycles. The summed E-state index contributed by atoms with van der Waals surface area (Å²) in [7, 11) is 3.69. The summed E-state index contributed by atoms with van der Waals surface area (Å²) in [5.41, 5.74) is 1.78. The quantitative estimate of drug-likeness (QED) is 0.247. The van der Waals surface area contributed by atoms with Gasteiger partial charge in [0.2, 0.25) is 0 Å². The second-order valence-electron chi connectivity index (χ2n) is 10.6. The second kappa shape index (κ2) is 14.0. The summed E-state index contributed by atoms with van der Waals surface area (Å²) in [6.07, 6.45) is 4.33. The van der Waals surface area contributed by atoms with Crippen molar-refractivity contribution in [3.63, 3.8) is 0 Å². The SMILES string of the molecule is COc1cc2c(Oc3ccc(NC(=O)C(=O)NCCc4ccccc4)cc3F)ccnc2cc1OCC1CCN(C)CC1. The third kappa shape index (κ3) is 7.78. The average Bonchev–Trinajstić information content (AvgIpc) is 3.02. The maximum absolute atomic E-state index is 15.0. The number of piperidine rings is 1. The summed E-state index contributed by atoms with van der Waals surface area (Å²) in [4.78, 5) is 31.3. The maximum Gasteiger partial charge on any atom is 0.313 e. The van der Waals surface area contributed by atoms with Crippen LogP contribution in [-0.2, 0) is 16.0 Å². The minimum atomic E-state index is -0.887. The molecule has 0 saturated carbocycles. The number of benzene rings is 3. The molecule has 1 saturated heterocycles. The highest BCUT2D eigenvalue weighted by molar-refractivity contribution is 6.39. The van der Waals surface area contributed by atoms with E-state index in [4.69, 9.17) is 14.2 Å². The lowest BCUT2D eigenvalue weighted by molar-refractivity contribution is -0.136. The number of hydrogen-bond donors (Lipinski definition) is 2. The number of ether oxygens (including phenoxy) is 3. The summed E-state index contributed by atoms with van der Waals surface area (Å²) >= 11 is 0. The molecule has 0 spiro atoms. The van der Waals surface area contributed by atoms with E-state index in [1.807, 2.05) is 30.3 Å². The Morgan fingerprint density at radius 2 is 1.74 bits per heavy atom. The van der Waals surface area contributed by atoms with Crippen LogP contribution in [0.25, 0.3) is 10.9 Å². The summed E-state index contributed by atoms with van der Waals surface area (Å²) in [6, 6.07) is 18.8. The number of aromatic nitrogens is 1. The van der Waals surface area contributed by atoms with E-state index in [1.165, 1.54) is 12.1 Å². The van der Waals surface area contributed by atoms with Gasteiger partial charge in [-0.3, -0.25) is 14.6 Å². The molecule has 10 heteroatoms. The molecule has 3 aromatic carbocycles. The van der Waals surface area contributed by atoms with E-state index in [1.54, 1.807) is 31.5 Å². The standard InChI is InChI=1S/C33H35FN4O5/c1-38-16-12-23(13-17-38)21-42-31-20-27-25(19-30(31)41-2)28(11-15-35-27)43-29-9-8-24(18-26(29)34)37-33(40)32(39)36-14-10-22-6-4-3-5-7-22/h3-9,11,15,18-20,23H,10,12-14,16-17,21H2,1-2H3,(H,36,39)(H,37,40). The van der Waals surface area contributed by atoms with Gasteiger partial charge in [0.1, 0.15) is 5.75 Å². The number of carbonyl (C=O) groups is 2. The Kier molecular flexibility index (Phi) is 9.68. The molecule has 2 amide bonds. The highest BCUT2D eigenvalue weighted by Crippen LogP contribution is 2.38. The van der Waals surface area contributed by atoms with Gasteiger partial charge in [-0.25, -0.2) is 4.39 Å². The number of methoxy groups -OCH3 is 1. The van der Waals surface area contributed by atoms with Gasteiger partial charge in [-0.05, 0) is 75.1 Å². The summed E-state index contributed by atoms with van der Waals surface area (Å²) < 4.78 is 32.7. The van der Waals surface area contributed by atoms with Crippen molar-refractivity contribution in [1.82, 2.24) is 15.2 Å². The molecule has 9 nitrogen and oxygen atoms in total. The number of carbonyl (C=O) groups excluding carboxylic acids is 2. The topological polar surface area (TPSA) is 102 Å². The lowest BCUT2D eigenvalue weighted by Gasteiger charge is -2.28. The van der Waals surface area contributed by atoms with Crippen molar-refractivity contribution in [2.24, 2.45) is 5.92 Å². The van der Waals surface area contributed by atoms with Crippen molar-refractivity contribution >= 4 is 28.4 Å². The number of nitrogens with zero attached hydrogens (tertiary/aromatic N) is 2. The first-order valence-electron chi connectivity index (χ1n) is 14.3. The smallest absolute Gasteiger partial charge is 0.313 e. The highest BCUT2D eigenvalue weighted by Gasteiger charge is 2.20. The van der Waals surface area contributed by atoms with E-state index in [-0.39, 0.29) is 11.4 Å². The predicted octanol–water partition coefficient (Wildman–Crippen LogP) is 5.19. The molecule has 224 valence electrons. The van der Waals surface area contributed by atoms with Crippen LogP contribution >= 0.6 is 0 Å². The van der Waals surface area contributed by atoms with Crippen LogP contribution in [0, 0.1) is 11.7 Å². The molecular weight excluding hydrogens is 551 g/mol. The van der Waals surface area contributed by atoms with E-state index in [9.17, 15) is 9.59 Å². The van der Waals surface area contributed by atoms with Crippen LogP contribution in [0.2, 0.25) is 0 Å². The molecule has 2 N–H and O–H groups in total. The fourth-order valence-corrected chi connectivity index (χ4v) is 4.94. The third-order valence-electron chi connectivity index (χ3n) is 7.46. The Balaban J connectivity index is 1.22. The van der Waals surface area contributed by atoms with Gasteiger partial charge in [-0.1, -0.05) is 30.3 Å². The average molecular weight is 587 g/mol. The van der Waals surface area contributed by atoms with Crippen LogP contribution in [0.3, 0.4) is 0 Å². The third-order valence-corrected chi connectivity index (χ3v) is 7.46. The number of pyridine rings is 1. The predicted molar refractivity (Wildman–Crippen MR) is 162 cm³/mol. The molecule has 0 atom stereocenters. The molecule has 1 fully saturated rings. The van der Waals surface area contributed by atoms with E-state index in [0.29, 0.717) is 53.6 Å². The van der Waals surface area contributed by atoms with Gasteiger partial charge in [0.25, 0.3) is 0 Å². The molecule has 43 heavy (non-hydrogen) atoms. The van der Waals surface area contributed by atoms with Crippen molar-refractivity contribution in [3.8, 4) is 23.0 Å². The number of amides is 2. The molecule has 1 aliphatic heterocycles. The van der Waals surface area contributed by atoms with Gasteiger partial charge in [-0.15, -0.1) is 0 Å². The number of anilines is 1. The Bertz CT molecular complexity index is 1570. The number of nitrogens with one attached hydrogen (secondary N) is 2. The van der Waals surface area contributed by atoms with Crippen LogP contribution in [-0.4, -0.2) is 62.1 Å². The van der Waals surface area contributed by atoms with E-state index < -0.39 is 17.6 Å². The summed E-state index contributed by atoms with van der Waals surface area (Å²) in [5.74, 6) is -0.488. The zero-order chi connectivity index (χ0) is 30.2. The molecule has 1 aliphatic rings. The van der Waals surface area contributed by atoms with Gasteiger partial charge in [0.15, 0.2) is 23.1 Å². The van der Waals surface area contributed by atoms with Crippen LogP contribution in [0.15, 0.2) is 72.9 Å². The normalized spacial score (nSPS) is 13.8. The van der Waals surface area contributed by atoms with Gasteiger partial charge in [-0.2, -0.15) is 0 Å². The van der Waals surface area contributed by atoms with Gasteiger partial charge in [0, 0.05) is 35.9 Å². The fourth-order valence-electron chi connectivity index (χ4n) is 4.94. The van der Waals surface area contributed by atoms with Crippen LogP contribution in [0.4, 0.5) is 10.1 Å². The highest BCUT2D eigenvalue weighted by atomic mass is 19.1. The van der Waals surface area contributed by atoms with Crippen LogP contribution < -0.4 is 24.8 Å². The first-order valence-corrected chi connectivity index (χ1v) is 14.3. The van der Waals surface area contributed by atoms with Crippen molar-refractivity contribution < 1.29 is 28.2 Å². The minimum absolute atomic E-state index is 0.0561. The fraction of sp³-hybridized carbons (Fsp3) is 0.303. The molecule has 0 unspecified atom stereocenters. The van der Waals surface area contributed by atoms with Gasteiger partial charge >= 0.3 is 11.8 Å². The van der Waals surface area contributed by atoms with Crippen molar-refractivity contribution in [2.45, 2.75) is 19.3 Å². The molecule has 2 heterocycles. The van der Waals surface area contributed by atoms with Crippen LogP contribution in [0.5, 0.6) is 23.0 Å². The second-order valence-corrected chi connectivity index (χ2v) is 10.6. The molecule has 0 bridgehead atoms. The van der Waals surface area contributed by atoms with E-state index >= 15 is 4.39 Å². The molecule has 0 radical (unpaired) electrons. The summed E-state index contributed by atoms with van der Waals surface area (Å²) in [5, 5.41) is 5.61. The molecule has 5 rings (SSSR count). The number of halogens is 1. The number of hydrogen-bond acceptors (Lipinski definition) is 7.